The van der Waals surface area contributed by atoms with Crippen molar-refractivity contribution in [3.05, 3.63) is 95.0 Å². The van der Waals surface area contributed by atoms with Gasteiger partial charge in [0.05, 0.1) is 16.6 Å². The van der Waals surface area contributed by atoms with Gasteiger partial charge in [-0.25, -0.2) is 4.98 Å². The first-order valence-electron chi connectivity index (χ1n) is 9.22. The molecule has 4 aromatic rings. The molecule has 29 heavy (non-hydrogen) atoms. The number of fused-ring (bicyclic) bond motifs is 1. The van der Waals surface area contributed by atoms with Gasteiger partial charge < -0.3 is 9.84 Å². The predicted molar refractivity (Wildman–Crippen MR) is 117 cm³/mol. The van der Waals surface area contributed by atoms with Crippen molar-refractivity contribution in [1.82, 2.24) is 4.98 Å². The zero-order valence-corrected chi connectivity index (χ0v) is 16.4. The van der Waals surface area contributed by atoms with Gasteiger partial charge in [0.2, 0.25) is 0 Å². The highest BCUT2D eigenvalue weighted by Crippen LogP contribution is 2.30. The molecule has 0 aliphatic rings. The number of hydrogen-bond acceptors (Lipinski definition) is 4. The first-order chi connectivity index (χ1) is 14.2. The van der Waals surface area contributed by atoms with Crippen molar-refractivity contribution < 1.29 is 14.6 Å². The predicted octanol–water partition coefficient (Wildman–Crippen LogP) is 5.89. The summed E-state index contributed by atoms with van der Waals surface area (Å²) in [7, 11) is 0. The number of carboxylic acid groups (broad SMARTS) is 1. The molecule has 144 valence electrons. The van der Waals surface area contributed by atoms with Crippen molar-refractivity contribution in [3.8, 4) is 5.75 Å². The molecule has 0 radical (unpaired) electrons. The van der Waals surface area contributed by atoms with Gasteiger partial charge in [-0.2, -0.15) is 0 Å². The molecule has 5 heteroatoms. The van der Waals surface area contributed by atoms with Crippen LogP contribution in [0.2, 0.25) is 0 Å². The van der Waals surface area contributed by atoms with E-state index in [0.717, 1.165) is 32.1 Å². The molecule has 0 aliphatic heterocycles. The number of para-hydroxylation sites is 1. The minimum atomic E-state index is -0.877. The monoisotopic (exact) mass is 401 g/mol. The minimum absolute atomic E-state index is 0.0773. The number of hydrogen-bond donors (Lipinski definition) is 1. The second-order valence-electron chi connectivity index (χ2n) is 6.57. The van der Waals surface area contributed by atoms with Crippen LogP contribution in [0.5, 0.6) is 5.75 Å². The molecule has 0 atom stereocenters. The minimum Gasteiger partial charge on any atom is -0.489 e. The second kappa shape index (κ2) is 8.71. The van der Waals surface area contributed by atoms with E-state index in [0.29, 0.717) is 12.2 Å². The maximum Gasteiger partial charge on any atom is 0.307 e. The quantitative estimate of drug-likeness (QED) is 0.419. The molecule has 1 aromatic heterocycles. The Kier molecular flexibility index (Phi) is 5.68. The Morgan fingerprint density at radius 1 is 0.966 bits per heavy atom. The fourth-order valence-corrected chi connectivity index (χ4v) is 3.94. The third-order valence-corrected chi connectivity index (χ3v) is 5.49. The fraction of sp³-hybridized carbons (Fsp3) is 0.0833. The molecule has 0 saturated heterocycles. The van der Waals surface area contributed by atoms with Gasteiger partial charge in [0, 0.05) is 0 Å². The maximum atomic E-state index is 11.4. The zero-order chi connectivity index (χ0) is 20.1. The Bertz CT molecular complexity index is 1110. The first-order valence-corrected chi connectivity index (χ1v) is 10.0. The lowest BCUT2D eigenvalue weighted by Crippen LogP contribution is -1.97. The Balaban J connectivity index is 1.54. The third-order valence-electron chi connectivity index (χ3n) is 4.38. The van der Waals surface area contributed by atoms with Gasteiger partial charge in [-0.05, 0) is 47.0 Å². The highest BCUT2D eigenvalue weighted by atomic mass is 32.1. The van der Waals surface area contributed by atoms with E-state index in [1.165, 1.54) is 11.3 Å². The zero-order valence-electron chi connectivity index (χ0n) is 15.6. The summed E-state index contributed by atoms with van der Waals surface area (Å²) >= 11 is 1.51. The number of ether oxygens (including phenoxy) is 1. The molecule has 0 spiro atoms. The van der Waals surface area contributed by atoms with Crippen LogP contribution in [0, 0.1) is 0 Å². The fourth-order valence-electron chi connectivity index (χ4n) is 2.96. The lowest BCUT2D eigenvalue weighted by Gasteiger charge is -2.07. The van der Waals surface area contributed by atoms with E-state index in [4.69, 9.17) is 4.74 Å². The van der Waals surface area contributed by atoms with Gasteiger partial charge in [0.15, 0.2) is 0 Å². The molecule has 1 N–H and O–H groups in total. The molecule has 4 rings (SSSR count). The lowest BCUT2D eigenvalue weighted by molar-refractivity contribution is -0.135. The van der Waals surface area contributed by atoms with Crippen LogP contribution in [0.1, 0.15) is 22.6 Å². The van der Waals surface area contributed by atoms with E-state index < -0.39 is 5.97 Å². The summed E-state index contributed by atoms with van der Waals surface area (Å²) in [5, 5.41) is 10.1. The Morgan fingerprint density at radius 2 is 1.69 bits per heavy atom. The number of benzene rings is 3. The van der Waals surface area contributed by atoms with E-state index in [9.17, 15) is 9.90 Å². The van der Waals surface area contributed by atoms with Gasteiger partial charge in [-0.3, -0.25) is 4.79 Å². The molecule has 0 aliphatic carbocycles. The number of carbonyl (C=O) groups is 1. The van der Waals surface area contributed by atoms with Crippen LogP contribution >= 0.6 is 11.3 Å². The smallest absolute Gasteiger partial charge is 0.307 e. The van der Waals surface area contributed by atoms with Crippen LogP contribution in [0.3, 0.4) is 0 Å². The van der Waals surface area contributed by atoms with Crippen LogP contribution in [0.25, 0.3) is 21.9 Å². The van der Waals surface area contributed by atoms with Crippen molar-refractivity contribution in [1.29, 1.82) is 0 Å². The van der Waals surface area contributed by atoms with E-state index in [2.05, 4.69) is 4.98 Å². The average molecular weight is 401 g/mol. The van der Waals surface area contributed by atoms with Crippen LogP contribution in [0.15, 0.2) is 78.9 Å². The van der Waals surface area contributed by atoms with Crippen LogP contribution in [-0.2, 0) is 11.4 Å². The Hall–Kier alpha value is -3.44. The maximum absolute atomic E-state index is 11.4. The van der Waals surface area contributed by atoms with Crippen molar-refractivity contribution >= 4 is 39.2 Å². The van der Waals surface area contributed by atoms with Crippen molar-refractivity contribution in [2.24, 2.45) is 0 Å². The van der Waals surface area contributed by atoms with Gasteiger partial charge in [-0.1, -0.05) is 54.6 Å². The number of thiazole rings is 1. The summed E-state index contributed by atoms with van der Waals surface area (Å²) in [5.41, 5.74) is 3.59. The molecule has 0 unspecified atom stereocenters. The Morgan fingerprint density at radius 3 is 2.41 bits per heavy atom. The molecular weight excluding hydrogens is 382 g/mol. The molecule has 0 amide bonds. The van der Waals surface area contributed by atoms with Gasteiger partial charge in [0.1, 0.15) is 17.4 Å². The number of aromatic nitrogens is 1. The Labute approximate surface area is 172 Å². The summed E-state index contributed by atoms with van der Waals surface area (Å²) in [6.45, 7) is 0.506. The normalized spacial score (nSPS) is 11.5. The third kappa shape index (κ3) is 4.89. The number of aliphatic carboxylic acids is 1. The molecule has 4 nitrogen and oxygen atoms in total. The number of rotatable bonds is 7. The molecule has 0 saturated carbocycles. The SMILES string of the molecule is O=C(O)CC(=Cc1ccc(OCc2ccccc2)cc1)c1nc2ccccc2s1. The summed E-state index contributed by atoms with van der Waals surface area (Å²) in [6, 6.07) is 25.4. The molecule has 3 aromatic carbocycles. The summed E-state index contributed by atoms with van der Waals surface area (Å²) in [6.07, 6.45) is 1.80. The topological polar surface area (TPSA) is 59.4 Å². The van der Waals surface area contributed by atoms with Gasteiger partial charge in [-0.15, -0.1) is 11.3 Å². The van der Waals surface area contributed by atoms with E-state index >= 15 is 0 Å². The summed E-state index contributed by atoms with van der Waals surface area (Å²) in [4.78, 5) is 16.0. The van der Waals surface area contributed by atoms with Crippen LogP contribution in [-0.4, -0.2) is 16.1 Å². The standard InChI is InChI=1S/C24H19NO3S/c26-23(27)15-19(24-25-21-8-4-5-9-22(21)29-24)14-17-10-12-20(13-11-17)28-16-18-6-2-1-3-7-18/h1-14H,15-16H2,(H,26,27). The highest BCUT2D eigenvalue weighted by Gasteiger charge is 2.12. The van der Waals surface area contributed by atoms with Crippen LogP contribution < -0.4 is 4.74 Å². The summed E-state index contributed by atoms with van der Waals surface area (Å²) < 4.78 is 6.86. The lowest BCUT2D eigenvalue weighted by atomic mass is 10.1. The largest absolute Gasteiger partial charge is 0.489 e. The van der Waals surface area contributed by atoms with Crippen LogP contribution in [0.4, 0.5) is 0 Å². The van der Waals surface area contributed by atoms with E-state index in [-0.39, 0.29) is 6.42 Å². The number of nitrogens with zero attached hydrogens (tertiary/aromatic N) is 1. The van der Waals surface area contributed by atoms with E-state index in [1.807, 2.05) is 84.9 Å². The van der Waals surface area contributed by atoms with Crippen molar-refractivity contribution in [2.45, 2.75) is 13.0 Å². The van der Waals surface area contributed by atoms with E-state index in [1.54, 1.807) is 0 Å². The highest BCUT2D eigenvalue weighted by molar-refractivity contribution is 7.19. The van der Waals surface area contributed by atoms with Crippen molar-refractivity contribution in [2.75, 3.05) is 0 Å². The molecule has 0 fully saturated rings. The average Bonchev–Trinajstić information content (AvgIpc) is 3.17. The molecule has 0 bridgehead atoms. The second-order valence-corrected chi connectivity index (χ2v) is 7.60. The summed E-state index contributed by atoms with van der Waals surface area (Å²) in [5.74, 6) is -0.107. The number of carboxylic acids is 1. The molecular formula is C24H19NO3S. The molecule has 1 heterocycles. The first kappa shape index (κ1) is 18.9. The van der Waals surface area contributed by atoms with Gasteiger partial charge >= 0.3 is 5.97 Å². The van der Waals surface area contributed by atoms with Gasteiger partial charge in [0.25, 0.3) is 0 Å². The van der Waals surface area contributed by atoms with Crippen molar-refractivity contribution in [3.63, 3.8) is 0 Å².